The molecule has 2 nitrogen and oxygen atoms in total. The van der Waals surface area contributed by atoms with Crippen molar-refractivity contribution in [3.05, 3.63) is 0 Å². The molecule has 0 saturated heterocycles. The molecule has 0 fully saturated rings. The number of ketones is 1. The lowest BCUT2D eigenvalue weighted by atomic mass is 9.94. The molecule has 1 N–H and O–H groups in total. The van der Waals surface area contributed by atoms with Crippen LogP contribution >= 0.6 is 0 Å². The second-order valence-corrected chi connectivity index (χ2v) is 4.49. The summed E-state index contributed by atoms with van der Waals surface area (Å²) >= 11 is 0. The zero-order valence-electron chi connectivity index (χ0n) is 9.26. The molecule has 1 unspecified atom stereocenters. The minimum atomic E-state index is -0.660. The Morgan fingerprint density at radius 3 is 2.38 bits per heavy atom. The van der Waals surface area contributed by atoms with E-state index in [1.54, 1.807) is 6.92 Å². The lowest BCUT2D eigenvalue weighted by molar-refractivity contribution is -0.121. The molecule has 0 aliphatic heterocycles. The van der Waals surface area contributed by atoms with Crippen molar-refractivity contribution in [2.45, 2.75) is 59.0 Å². The van der Waals surface area contributed by atoms with Gasteiger partial charge in [-0.1, -0.05) is 20.8 Å². The Labute approximate surface area is 81.3 Å². The first-order valence-corrected chi connectivity index (χ1v) is 5.11. The van der Waals surface area contributed by atoms with Crippen molar-refractivity contribution in [1.82, 2.24) is 0 Å². The van der Waals surface area contributed by atoms with Crippen LogP contribution in [-0.4, -0.2) is 16.5 Å². The predicted molar refractivity (Wildman–Crippen MR) is 54.6 cm³/mol. The highest BCUT2D eigenvalue weighted by Gasteiger charge is 2.18. The molecule has 0 aromatic rings. The van der Waals surface area contributed by atoms with E-state index in [0.29, 0.717) is 31.6 Å². The van der Waals surface area contributed by atoms with Crippen LogP contribution in [-0.2, 0) is 4.79 Å². The summed E-state index contributed by atoms with van der Waals surface area (Å²) in [5.74, 6) is 0.697. The van der Waals surface area contributed by atoms with Crippen LogP contribution in [0.5, 0.6) is 0 Å². The first-order chi connectivity index (χ1) is 5.87. The maximum atomic E-state index is 11.3. The van der Waals surface area contributed by atoms with Crippen molar-refractivity contribution in [3.63, 3.8) is 0 Å². The fourth-order valence-electron chi connectivity index (χ4n) is 1.14. The fraction of sp³-hybridized carbons (Fsp3) is 0.909. The molecule has 0 aliphatic rings. The van der Waals surface area contributed by atoms with E-state index < -0.39 is 5.60 Å². The van der Waals surface area contributed by atoms with Gasteiger partial charge in [-0.15, -0.1) is 0 Å². The van der Waals surface area contributed by atoms with Crippen molar-refractivity contribution in [3.8, 4) is 0 Å². The topological polar surface area (TPSA) is 37.3 Å². The largest absolute Gasteiger partial charge is 0.390 e. The van der Waals surface area contributed by atoms with E-state index in [0.717, 1.165) is 0 Å². The number of carbonyl (C=O) groups is 1. The molecule has 2 heteroatoms. The molecular weight excluding hydrogens is 164 g/mol. The molecule has 78 valence electrons. The Balaban J connectivity index is 3.70. The van der Waals surface area contributed by atoms with Crippen LogP contribution in [0.15, 0.2) is 0 Å². The summed E-state index contributed by atoms with van der Waals surface area (Å²) in [6, 6.07) is 0. The zero-order valence-corrected chi connectivity index (χ0v) is 9.26. The third-order valence-corrected chi connectivity index (χ3v) is 2.34. The van der Waals surface area contributed by atoms with Crippen molar-refractivity contribution in [2.75, 3.05) is 0 Å². The van der Waals surface area contributed by atoms with Crippen LogP contribution in [0.4, 0.5) is 0 Å². The van der Waals surface area contributed by atoms with Gasteiger partial charge in [0.15, 0.2) is 0 Å². The van der Waals surface area contributed by atoms with E-state index in [-0.39, 0.29) is 5.78 Å². The molecule has 0 rings (SSSR count). The standard InChI is InChI=1S/C11H22O2/c1-5-11(4,13)7-6-10(12)8-9(2)3/h9,13H,5-8H2,1-4H3. The Bertz CT molecular complexity index is 159. The summed E-state index contributed by atoms with van der Waals surface area (Å²) in [6.07, 6.45) is 2.45. The minimum Gasteiger partial charge on any atom is -0.390 e. The lowest BCUT2D eigenvalue weighted by Gasteiger charge is -2.20. The quantitative estimate of drug-likeness (QED) is 0.692. The van der Waals surface area contributed by atoms with Gasteiger partial charge in [0, 0.05) is 12.8 Å². The Morgan fingerprint density at radius 1 is 1.46 bits per heavy atom. The highest BCUT2D eigenvalue weighted by molar-refractivity contribution is 5.78. The lowest BCUT2D eigenvalue weighted by Crippen LogP contribution is -2.23. The number of aliphatic hydroxyl groups is 1. The monoisotopic (exact) mass is 186 g/mol. The summed E-state index contributed by atoms with van der Waals surface area (Å²) in [5, 5.41) is 9.65. The third-order valence-electron chi connectivity index (χ3n) is 2.34. The molecule has 13 heavy (non-hydrogen) atoms. The Morgan fingerprint density at radius 2 is 2.00 bits per heavy atom. The van der Waals surface area contributed by atoms with E-state index in [4.69, 9.17) is 0 Å². The number of hydrogen-bond donors (Lipinski definition) is 1. The van der Waals surface area contributed by atoms with Crippen LogP contribution in [0, 0.1) is 5.92 Å². The Hall–Kier alpha value is -0.370. The molecular formula is C11H22O2. The summed E-state index contributed by atoms with van der Waals surface area (Å²) in [7, 11) is 0. The van der Waals surface area contributed by atoms with Crippen molar-refractivity contribution >= 4 is 5.78 Å². The average molecular weight is 186 g/mol. The molecule has 0 aliphatic carbocycles. The molecule has 0 aromatic heterocycles. The van der Waals surface area contributed by atoms with Gasteiger partial charge in [-0.2, -0.15) is 0 Å². The fourth-order valence-corrected chi connectivity index (χ4v) is 1.14. The number of Topliss-reactive ketones (excluding diaryl/α,β-unsaturated/α-hetero) is 1. The van der Waals surface area contributed by atoms with E-state index in [2.05, 4.69) is 0 Å². The third kappa shape index (κ3) is 6.76. The molecule has 0 amide bonds. The van der Waals surface area contributed by atoms with Crippen LogP contribution in [0.1, 0.15) is 53.4 Å². The maximum Gasteiger partial charge on any atom is 0.133 e. The van der Waals surface area contributed by atoms with Gasteiger partial charge in [0.25, 0.3) is 0 Å². The van der Waals surface area contributed by atoms with Gasteiger partial charge in [-0.05, 0) is 25.7 Å². The van der Waals surface area contributed by atoms with E-state index in [1.807, 2.05) is 20.8 Å². The molecule has 0 spiro atoms. The summed E-state index contributed by atoms with van der Waals surface area (Å²) in [6.45, 7) is 7.80. The number of hydrogen-bond acceptors (Lipinski definition) is 2. The van der Waals surface area contributed by atoms with E-state index in [1.165, 1.54) is 0 Å². The van der Waals surface area contributed by atoms with E-state index in [9.17, 15) is 9.90 Å². The molecule has 1 atom stereocenters. The van der Waals surface area contributed by atoms with Gasteiger partial charge in [-0.3, -0.25) is 4.79 Å². The maximum absolute atomic E-state index is 11.3. The SMILES string of the molecule is CCC(C)(O)CCC(=O)CC(C)C. The first kappa shape index (κ1) is 12.6. The first-order valence-electron chi connectivity index (χ1n) is 5.11. The average Bonchev–Trinajstić information content (AvgIpc) is 2.00. The summed E-state index contributed by atoms with van der Waals surface area (Å²) < 4.78 is 0. The van der Waals surface area contributed by atoms with Gasteiger partial charge < -0.3 is 5.11 Å². The summed E-state index contributed by atoms with van der Waals surface area (Å²) in [5.41, 5.74) is -0.660. The number of carbonyl (C=O) groups excluding carboxylic acids is 1. The molecule has 0 heterocycles. The highest BCUT2D eigenvalue weighted by atomic mass is 16.3. The highest BCUT2D eigenvalue weighted by Crippen LogP contribution is 2.17. The van der Waals surface area contributed by atoms with E-state index >= 15 is 0 Å². The Kier molecular flexibility index (Phi) is 5.23. The second kappa shape index (κ2) is 5.38. The van der Waals surface area contributed by atoms with Gasteiger partial charge in [0.2, 0.25) is 0 Å². The van der Waals surface area contributed by atoms with Crippen LogP contribution < -0.4 is 0 Å². The number of rotatable bonds is 6. The van der Waals surface area contributed by atoms with Gasteiger partial charge in [0.1, 0.15) is 5.78 Å². The molecule has 0 bridgehead atoms. The van der Waals surface area contributed by atoms with Gasteiger partial charge >= 0.3 is 0 Å². The minimum absolute atomic E-state index is 0.267. The van der Waals surface area contributed by atoms with Crippen molar-refractivity contribution in [1.29, 1.82) is 0 Å². The van der Waals surface area contributed by atoms with Crippen LogP contribution in [0.3, 0.4) is 0 Å². The van der Waals surface area contributed by atoms with Gasteiger partial charge in [0.05, 0.1) is 5.60 Å². The van der Waals surface area contributed by atoms with Gasteiger partial charge in [-0.25, -0.2) is 0 Å². The smallest absolute Gasteiger partial charge is 0.133 e. The summed E-state index contributed by atoms with van der Waals surface area (Å²) in [4.78, 5) is 11.3. The van der Waals surface area contributed by atoms with Crippen molar-refractivity contribution < 1.29 is 9.90 Å². The second-order valence-electron chi connectivity index (χ2n) is 4.49. The zero-order chi connectivity index (χ0) is 10.5. The predicted octanol–water partition coefficient (Wildman–Crippen LogP) is 2.54. The van der Waals surface area contributed by atoms with Crippen LogP contribution in [0.2, 0.25) is 0 Å². The van der Waals surface area contributed by atoms with Crippen LogP contribution in [0.25, 0.3) is 0 Å². The molecule has 0 radical (unpaired) electrons. The molecule has 0 saturated carbocycles. The normalized spacial score (nSPS) is 15.8. The molecule has 0 aromatic carbocycles. The van der Waals surface area contributed by atoms with Crippen molar-refractivity contribution in [2.24, 2.45) is 5.92 Å².